The number of nitrogens with zero attached hydrogens (tertiary/aromatic N) is 3. The lowest BCUT2D eigenvalue weighted by atomic mass is 9.96. The van der Waals surface area contributed by atoms with E-state index in [1.807, 2.05) is 59.4 Å². The van der Waals surface area contributed by atoms with E-state index in [9.17, 15) is 0 Å². The summed E-state index contributed by atoms with van der Waals surface area (Å²) in [6.07, 6.45) is 2.80. The monoisotopic (exact) mass is 481 g/mol. The summed E-state index contributed by atoms with van der Waals surface area (Å²) in [6.45, 7) is 5.56. The zero-order chi connectivity index (χ0) is 24.2. The Morgan fingerprint density at radius 3 is 2.66 bits per heavy atom. The fraction of sp³-hybridized carbons (Fsp3) is 0.200. The third-order valence-corrected chi connectivity index (χ3v) is 6.20. The summed E-state index contributed by atoms with van der Waals surface area (Å²) in [7, 11) is 0. The number of rotatable bonds is 8. The van der Waals surface area contributed by atoms with Gasteiger partial charge in [0.15, 0.2) is 0 Å². The molecule has 0 aliphatic heterocycles. The van der Waals surface area contributed by atoms with E-state index in [2.05, 4.69) is 55.3 Å². The van der Waals surface area contributed by atoms with Crippen molar-refractivity contribution in [2.45, 2.75) is 33.4 Å². The van der Waals surface area contributed by atoms with E-state index in [0.29, 0.717) is 19.1 Å². The summed E-state index contributed by atoms with van der Waals surface area (Å²) in [5, 5.41) is 6.46. The van der Waals surface area contributed by atoms with Gasteiger partial charge >= 0.3 is 0 Å². The molecule has 0 aliphatic carbocycles. The third-order valence-electron chi connectivity index (χ3n) is 5.96. The van der Waals surface area contributed by atoms with E-state index in [1.165, 1.54) is 11.1 Å². The molecule has 5 aromatic rings. The molecule has 5 heteroatoms. The summed E-state index contributed by atoms with van der Waals surface area (Å²) >= 11 is 6.20. The fourth-order valence-electron chi connectivity index (χ4n) is 4.36. The van der Waals surface area contributed by atoms with Gasteiger partial charge in [0, 0.05) is 22.2 Å². The number of aromatic nitrogens is 3. The minimum Gasteiger partial charge on any atom is -0.487 e. The number of hydrogen-bond acceptors (Lipinski definition) is 3. The van der Waals surface area contributed by atoms with Gasteiger partial charge in [-0.3, -0.25) is 4.68 Å². The lowest BCUT2D eigenvalue weighted by Gasteiger charge is -2.16. The maximum atomic E-state index is 6.20. The Bertz CT molecular complexity index is 1460. The molecule has 4 nitrogen and oxygen atoms in total. The Kier molecular flexibility index (Phi) is 6.82. The van der Waals surface area contributed by atoms with Crippen LogP contribution < -0.4 is 4.74 Å². The largest absolute Gasteiger partial charge is 0.487 e. The number of fused-ring (bicyclic) bond motifs is 1. The smallest absolute Gasteiger partial charge is 0.130 e. The highest BCUT2D eigenvalue weighted by Crippen LogP contribution is 2.30. The van der Waals surface area contributed by atoms with Crippen molar-refractivity contribution in [3.8, 4) is 17.0 Å². The quantitative estimate of drug-likeness (QED) is 0.229. The van der Waals surface area contributed by atoms with E-state index >= 15 is 0 Å². The number of hydrogen-bond donors (Lipinski definition) is 0. The van der Waals surface area contributed by atoms with Gasteiger partial charge in [-0.1, -0.05) is 61.8 Å². The van der Waals surface area contributed by atoms with Crippen LogP contribution in [0, 0.1) is 5.92 Å². The maximum Gasteiger partial charge on any atom is 0.130 e. The average molecular weight is 482 g/mol. The van der Waals surface area contributed by atoms with Gasteiger partial charge < -0.3 is 4.74 Å². The minimum atomic E-state index is 0.429. The first kappa shape index (κ1) is 23.1. The molecular weight excluding hydrogens is 454 g/mol. The number of halogens is 1. The molecular formula is C30H28ClN3O. The third kappa shape index (κ3) is 5.55. The topological polar surface area (TPSA) is 39.9 Å². The van der Waals surface area contributed by atoms with Crippen molar-refractivity contribution in [1.29, 1.82) is 0 Å². The van der Waals surface area contributed by atoms with E-state index in [-0.39, 0.29) is 0 Å². The number of para-hydroxylation sites is 1. The second-order valence-electron chi connectivity index (χ2n) is 9.20. The van der Waals surface area contributed by atoms with E-state index < -0.39 is 0 Å². The zero-order valence-electron chi connectivity index (χ0n) is 20.0. The molecule has 0 radical (unpaired) electrons. The number of pyridine rings is 1. The van der Waals surface area contributed by atoms with Crippen LogP contribution in [0.4, 0.5) is 0 Å². The van der Waals surface area contributed by atoms with Crippen molar-refractivity contribution in [3.05, 3.63) is 113 Å². The minimum absolute atomic E-state index is 0.429. The van der Waals surface area contributed by atoms with Gasteiger partial charge in [0.1, 0.15) is 12.4 Å². The predicted molar refractivity (Wildman–Crippen MR) is 143 cm³/mol. The Labute approximate surface area is 211 Å². The Morgan fingerprint density at radius 2 is 1.80 bits per heavy atom. The molecule has 0 fully saturated rings. The highest BCUT2D eigenvalue weighted by atomic mass is 35.5. The molecule has 0 amide bonds. The molecule has 2 aromatic heterocycles. The molecule has 3 aromatic carbocycles. The lowest BCUT2D eigenvalue weighted by molar-refractivity contribution is 0.301. The van der Waals surface area contributed by atoms with E-state index in [1.54, 1.807) is 0 Å². The first-order valence-corrected chi connectivity index (χ1v) is 12.3. The fourth-order valence-corrected chi connectivity index (χ4v) is 4.57. The molecule has 0 aliphatic rings. The SMILES string of the molecule is CC(C)Cc1cc(OCc2ccc3ccccc3n2)ccc1-c1ccnn1Cc1cccc(Cl)c1. The van der Waals surface area contributed by atoms with Crippen molar-refractivity contribution in [2.75, 3.05) is 0 Å². The molecule has 0 unspecified atom stereocenters. The van der Waals surface area contributed by atoms with Crippen LogP contribution in [0.15, 0.2) is 91.1 Å². The van der Waals surface area contributed by atoms with Gasteiger partial charge in [-0.25, -0.2) is 4.98 Å². The molecule has 2 heterocycles. The number of benzene rings is 3. The Balaban J connectivity index is 1.40. The second-order valence-corrected chi connectivity index (χ2v) is 9.64. The van der Waals surface area contributed by atoms with Crippen LogP contribution in [-0.2, 0) is 19.6 Å². The molecule has 176 valence electrons. The van der Waals surface area contributed by atoms with Crippen LogP contribution in [0.3, 0.4) is 0 Å². The highest BCUT2D eigenvalue weighted by molar-refractivity contribution is 6.30. The van der Waals surface area contributed by atoms with Crippen LogP contribution in [0.25, 0.3) is 22.2 Å². The summed E-state index contributed by atoms with van der Waals surface area (Å²) in [6, 6.07) is 28.6. The molecule has 5 rings (SSSR count). The van der Waals surface area contributed by atoms with E-state index in [4.69, 9.17) is 21.3 Å². The van der Waals surface area contributed by atoms with Crippen molar-refractivity contribution in [1.82, 2.24) is 14.8 Å². The summed E-state index contributed by atoms with van der Waals surface area (Å²) < 4.78 is 8.21. The molecule has 0 saturated carbocycles. The second kappa shape index (κ2) is 10.3. The van der Waals surface area contributed by atoms with Crippen LogP contribution in [0.2, 0.25) is 5.02 Å². The zero-order valence-corrected chi connectivity index (χ0v) is 20.7. The van der Waals surface area contributed by atoms with E-state index in [0.717, 1.165) is 45.0 Å². The normalized spacial score (nSPS) is 11.3. The van der Waals surface area contributed by atoms with Gasteiger partial charge in [0.2, 0.25) is 0 Å². The van der Waals surface area contributed by atoms with Crippen LogP contribution in [0.5, 0.6) is 5.75 Å². The van der Waals surface area contributed by atoms with Gasteiger partial charge in [-0.15, -0.1) is 0 Å². The van der Waals surface area contributed by atoms with Gasteiger partial charge in [0.05, 0.1) is 23.4 Å². The molecule has 0 N–H and O–H groups in total. The van der Waals surface area contributed by atoms with Gasteiger partial charge in [-0.2, -0.15) is 5.10 Å². The molecule has 0 bridgehead atoms. The first-order valence-electron chi connectivity index (χ1n) is 11.9. The average Bonchev–Trinajstić information content (AvgIpc) is 3.30. The Morgan fingerprint density at radius 1 is 0.914 bits per heavy atom. The van der Waals surface area contributed by atoms with Gasteiger partial charge in [0.25, 0.3) is 0 Å². The molecule has 0 spiro atoms. The predicted octanol–water partition coefficient (Wildman–Crippen LogP) is 7.58. The summed E-state index contributed by atoms with van der Waals surface area (Å²) in [4.78, 5) is 4.73. The lowest BCUT2D eigenvalue weighted by Crippen LogP contribution is -2.06. The highest BCUT2D eigenvalue weighted by Gasteiger charge is 2.14. The van der Waals surface area contributed by atoms with Crippen LogP contribution in [0.1, 0.15) is 30.7 Å². The van der Waals surface area contributed by atoms with Crippen LogP contribution >= 0.6 is 11.6 Å². The van der Waals surface area contributed by atoms with Crippen molar-refractivity contribution in [3.63, 3.8) is 0 Å². The van der Waals surface area contributed by atoms with Crippen molar-refractivity contribution in [2.24, 2.45) is 5.92 Å². The van der Waals surface area contributed by atoms with Crippen molar-refractivity contribution < 1.29 is 4.74 Å². The molecule has 35 heavy (non-hydrogen) atoms. The molecule has 0 saturated heterocycles. The van der Waals surface area contributed by atoms with Crippen LogP contribution in [-0.4, -0.2) is 14.8 Å². The molecule has 0 atom stereocenters. The standard InChI is InChI=1S/C30H28ClN3O/c1-21(2)16-24-18-27(35-20-26-11-10-23-7-3-4-9-29(23)33-26)12-13-28(24)30-14-15-32-34(30)19-22-6-5-8-25(31)17-22/h3-15,17-18,21H,16,19-20H2,1-2H3. The maximum absolute atomic E-state index is 6.20. The summed E-state index contributed by atoms with van der Waals surface area (Å²) in [5.74, 6) is 1.36. The van der Waals surface area contributed by atoms with Crippen molar-refractivity contribution >= 4 is 22.5 Å². The Hall–Kier alpha value is -3.63. The number of ether oxygens (including phenoxy) is 1. The van der Waals surface area contributed by atoms with Gasteiger partial charge in [-0.05, 0) is 72.0 Å². The summed E-state index contributed by atoms with van der Waals surface area (Å²) in [5.41, 5.74) is 6.53. The first-order chi connectivity index (χ1) is 17.0.